The lowest BCUT2D eigenvalue weighted by Crippen LogP contribution is -2.39. The van der Waals surface area contributed by atoms with Gasteiger partial charge in [0.05, 0.1) is 7.11 Å². The molecule has 4 rings (SSSR count). The van der Waals surface area contributed by atoms with Crippen LogP contribution in [-0.2, 0) is 20.9 Å². The summed E-state index contributed by atoms with van der Waals surface area (Å²) < 4.78 is 11.3. The van der Waals surface area contributed by atoms with Gasteiger partial charge in [0.2, 0.25) is 0 Å². The molecule has 5 heteroatoms. The first-order valence-corrected chi connectivity index (χ1v) is 11.0. The van der Waals surface area contributed by atoms with E-state index >= 15 is 0 Å². The molecule has 0 amide bonds. The first kappa shape index (κ1) is 22.0. The summed E-state index contributed by atoms with van der Waals surface area (Å²) in [6.07, 6.45) is 1.13. The molecule has 2 aromatic carbocycles. The monoisotopic (exact) mass is 431 g/mol. The second kappa shape index (κ2) is 8.73. The maximum atomic E-state index is 13.4. The summed E-state index contributed by atoms with van der Waals surface area (Å²) in [5, 5.41) is 0. The highest BCUT2D eigenvalue weighted by atomic mass is 16.5. The number of ketones is 1. The summed E-state index contributed by atoms with van der Waals surface area (Å²) in [6.45, 7) is 6.19. The molecular formula is C27H29NO4. The average molecular weight is 432 g/mol. The number of carbonyl (C=O) groups excluding carboxylic acids is 2. The smallest absolute Gasteiger partial charge is 0.315 e. The van der Waals surface area contributed by atoms with E-state index in [1.807, 2.05) is 61.5 Å². The van der Waals surface area contributed by atoms with Crippen molar-refractivity contribution in [1.82, 2.24) is 0 Å². The fourth-order valence-electron chi connectivity index (χ4n) is 4.83. The third-order valence-electron chi connectivity index (χ3n) is 6.25. The van der Waals surface area contributed by atoms with Gasteiger partial charge in [-0.2, -0.15) is 0 Å². The van der Waals surface area contributed by atoms with Gasteiger partial charge in [-0.25, -0.2) is 0 Å². The number of Topliss-reactive ketones (excluding diaryl/α,β-unsaturated/α-hetero) is 1. The Balaban J connectivity index is 1.77. The third kappa shape index (κ3) is 4.24. The molecule has 0 fully saturated rings. The second-order valence-corrected chi connectivity index (χ2v) is 9.35. The van der Waals surface area contributed by atoms with Crippen LogP contribution in [0.1, 0.15) is 50.7 Å². The number of methoxy groups -OCH3 is 1. The Morgan fingerprint density at radius 3 is 2.47 bits per heavy atom. The summed E-state index contributed by atoms with van der Waals surface area (Å²) in [5.74, 6) is -0.846. The molecule has 0 aromatic heterocycles. The van der Waals surface area contributed by atoms with Gasteiger partial charge in [-0.3, -0.25) is 14.6 Å². The van der Waals surface area contributed by atoms with E-state index in [0.717, 1.165) is 16.8 Å². The third-order valence-corrected chi connectivity index (χ3v) is 6.25. The molecule has 1 unspecified atom stereocenters. The van der Waals surface area contributed by atoms with Crippen LogP contribution in [-0.4, -0.2) is 24.6 Å². The van der Waals surface area contributed by atoms with Gasteiger partial charge in [0.1, 0.15) is 18.3 Å². The topological polar surface area (TPSA) is 65.0 Å². The van der Waals surface area contributed by atoms with Crippen molar-refractivity contribution in [2.45, 2.75) is 46.1 Å². The Kier molecular flexibility index (Phi) is 6.00. The van der Waals surface area contributed by atoms with Gasteiger partial charge < -0.3 is 9.47 Å². The zero-order valence-electron chi connectivity index (χ0n) is 19.1. The van der Waals surface area contributed by atoms with Crippen LogP contribution in [0, 0.1) is 11.3 Å². The summed E-state index contributed by atoms with van der Waals surface area (Å²) in [4.78, 5) is 31.5. The standard InChI is InChI=1S/C27H29NO4/c1-17-23(26(30)32-16-18-10-6-5-7-11-18)24(19-12-8-9-13-22(19)31-4)25-20(28-17)14-27(2,3)15-21(25)29/h5-13,23-24H,14-16H2,1-4H3/t23?,24-/m1/s1. The van der Waals surface area contributed by atoms with Gasteiger partial charge in [0.15, 0.2) is 5.78 Å². The molecule has 0 saturated carbocycles. The van der Waals surface area contributed by atoms with Crippen LogP contribution in [0.3, 0.4) is 0 Å². The molecular weight excluding hydrogens is 402 g/mol. The normalized spacial score (nSPS) is 22.1. The lowest BCUT2D eigenvalue weighted by Gasteiger charge is -2.39. The minimum absolute atomic E-state index is 0.0456. The summed E-state index contributed by atoms with van der Waals surface area (Å²) in [6, 6.07) is 17.2. The maximum Gasteiger partial charge on any atom is 0.315 e. The molecule has 0 spiro atoms. The predicted octanol–water partition coefficient (Wildman–Crippen LogP) is 5.26. The number of nitrogens with zero attached hydrogens (tertiary/aromatic N) is 1. The number of hydrogen-bond donors (Lipinski definition) is 0. The molecule has 1 aliphatic heterocycles. The summed E-state index contributed by atoms with van der Waals surface area (Å²) in [7, 11) is 1.60. The van der Waals surface area contributed by atoms with Crippen LogP contribution in [0.15, 0.2) is 70.9 Å². The number of hydrogen-bond acceptors (Lipinski definition) is 5. The number of carbonyl (C=O) groups is 2. The number of benzene rings is 2. The highest BCUT2D eigenvalue weighted by Crippen LogP contribution is 2.49. The number of allylic oxidation sites excluding steroid dienone is 2. The molecule has 2 aromatic rings. The highest BCUT2D eigenvalue weighted by Gasteiger charge is 2.46. The van der Waals surface area contributed by atoms with Gasteiger partial charge in [0.25, 0.3) is 0 Å². The number of para-hydroxylation sites is 1. The largest absolute Gasteiger partial charge is 0.496 e. The maximum absolute atomic E-state index is 13.4. The highest BCUT2D eigenvalue weighted by molar-refractivity contribution is 6.09. The molecule has 1 aliphatic carbocycles. The zero-order valence-corrected chi connectivity index (χ0v) is 19.1. The van der Waals surface area contributed by atoms with Gasteiger partial charge in [-0.05, 0) is 30.4 Å². The first-order chi connectivity index (χ1) is 15.3. The Bertz CT molecular complexity index is 1100. The van der Waals surface area contributed by atoms with Crippen molar-refractivity contribution in [3.63, 3.8) is 0 Å². The predicted molar refractivity (Wildman–Crippen MR) is 124 cm³/mol. The van der Waals surface area contributed by atoms with Crippen LogP contribution >= 0.6 is 0 Å². The van der Waals surface area contributed by atoms with Crippen LogP contribution in [0.4, 0.5) is 0 Å². The van der Waals surface area contributed by atoms with E-state index in [4.69, 9.17) is 14.5 Å². The number of ether oxygens (including phenoxy) is 2. The number of aliphatic imine (C=N–C) groups is 1. The SMILES string of the molecule is COc1ccccc1[C@H]1C2=C(CC(C)(C)CC2=O)N=C(C)C1C(=O)OCc1ccccc1. The average Bonchev–Trinajstić information content (AvgIpc) is 2.76. The Morgan fingerprint density at radius 1 is 1.06 bits per heavy atom. The molecule has 0 saturated heterocycles. The number of esters is 1. The van der Waals surface area contributed by atoms with E-state index in [-0.39, 0.29) is 23.8 Å². The molecule has 2 aliphatic rings. The molecule has 0 bridgehead atoms. The number of rotatable bonds is 5. The molecule has 166 valence electrons. The lowest BCUT2D eigenvalue weighted by atomic mass is 9.66. The van der Waals surface area contributed by atoms with Crippen molar-refractivity contribution in [2.75, 3.05) is 7.11 Å². The van der Waals surface area contributed by atoms with Crippen molar-refractivity contribution in [1.29, 1.82) is 0 Å². The fraction of sp³-hybridized carbons (Fsp3) is 0.370. The van der Waals surface area contributed by atoms with Gasteiger partial charge in [-0.15, -0.1) is 0 Å². The fourth-order valence-corrected chi connectivity index (χ4v) is 4.83. The second-order valence-electron chi connectivity index (χ2n) is 9.35. The van der Waals surface area contributed by atoms with Crippen molar-refractivity contribution < 1.29 is 19.1 Å². The van der Waals surface area contributed by atoms with Crippen LogP contribution in [0.25, 0.3) is 0 Å². The van der Waals surface area contributed by atoms with Crippen molar-refractivity contribution in [3.8, 4) is 5.75 Å². The molecule has 5 nitrogen and oxygen atoms in total. The van der Waals surface area contributed by atoms with Gasteiger partial charge in [0, 0.05) is 34.9 Å². The summed E-state index contributed by atoms with van der Waals surface area (Å²) in [5.41, 5.74) is 3.64. The lowest BCUT2D eigenvalue weighted by molar-refractivity contribution is -0.148. The van der Waals surface area contributed by atoms with Crippen LogP contribution in [0.2, 0.25) is 0 Å². The molecule has 0 N–H and O–H groups in total. The van der Waals surface area contributed by atoms with E-state index in [2.05, 4.69) is 13.8 Å². The Hall–Kier alpha value is -3.21. The quantitative estimate of drug-likeness (QED) is 0.606. The minimum atomic E-state index is -0.682. The molecule has 1 heterocycles. The molecule has 32 heavy (non-hydrogen) atoms. The Labute approximate surface area is 189 Å². The minimum Gasteiger partial charge on any atom is -0.496 e. The van der Waals surface area contributed by atoms with Crippen LogP contribution in [0.5, 0.6) is 5.75 Å². The van der Waals surface area contributed by atoms with E-state index in [1.165, 1.54) is 0 Å². The van der Waals surface area contributed by atoms with Gasteiger partial charge >= 0.3 is 5.97 Å². The molecule has 0 radical (unpaired) electrons. The molecule has 2 atom stereocenters. The van der Waals surface area contributed by atoms with E-state index in [9.17, 15) is 9.59 Å². The Morgan fingerprint density at radius 2 is 1.75 bits per heavy atom. The van der Waals surface area contributed by atoms with Crippen molar-refractivity contribution >= 4 is 17.5 Å². The van der Waals surface area contributed by atoms with E-state index in [0.29, 0.717) is 29.9 Å². The van der Waals surface area contributed by atoms with Crippen molar-refractivity contribution in [2.24, 2.45) is 16.3 Å². The van der Waals surface area contributed by atoms with E-state index < -0.39 is 11.8 Å². The van der Waals surface area contributed by atoms with Gasteiger partial charge in [-0.1, -0.05) is 62.4 Å². The van der Waals surface area contributed by atoms with Crippen LogP contribution < -0.4 is 4.74 Å². The van der Waals surface area contributed by atoms with Crippen molar-refractivity contribution in [3.05, 3.63) is 77.0 Å². The zero-order chi connectivity index (χ0) is 22.9. The van der Waals surface area contributed by atoms with E-state index in [1.54, 1.807) is 7.11 Å². The first-order valence-electron chi connectivity index (χ1n) is 11.0. The summed E-state index contributed by atoms with van der Waals surface area (Å²) >= 11 is 0.